The van der Waals surface area contributed by atoms with Gasteiger partial charge in [0.1, 0.15) is 0 Å². The van der Waals surface area contributed by atoms with Gasteiger partial charge in [-0.1, -0.05) is 18.5 Å². The van der Waals surface area contributed by atoms with Crippen LogP contribution in [0.3, 0.4) is 0 Å². The lowest BCUT2D eigenvalue weighted by molar-refractivity contribution is 0.503. The Bertz CT molecular complexity index is 539. The third kappa shape index (κ3) is 3.70. The van der Waals surface area contributed by atoms with E-state index in [2.05, 4.69) is 10.4 Å². The van der Waals surface area contributed by atoms with Crippen LogP contribution < -0.4 is 5.32 Å². The fourth-order valence-electron chi connectivity index (χ4n) is 2.05. The minimum Gasteiger partial charge on any atom is -0.315 e. The zero-order chi connectivity index (χ0) is 14.8. The molecule has 1 aromatic heterocycles. The summed E-state index contributed by atoms with van der Waals surface area (Å²) in [4.78, 5) is 0. The van der Waals surface area contributed by atoms with E-state index in [0.29, 0.717) is 11.4 Å². The Balaban J connectivity index is 3.03. The second kappa shape index (κ2) is 6.24. The second-order valence-corrected chi connectivity index (χ2v) is 7.60. The largest absolute Gasteiger partial charge is 0.315 e. The number of hydrogen-bond acceptors (Lipinski definition) is 4. The van der Waals surface area contributed by atoms with Crippen molar-refractivity contribution >= 4 is 21.4 Å². The number of nitrogens with zero attached hydrogens (tertiary/aromatic N) is 2. The average molecular weight is 308 g/mol. The molecule has 0 radical (unpaired) electrons. The van der Waals surface area contributed by atoms with Gasteiger partial charge in [-0.3, -0.25) is 4.68 Å². The smallest absolute Gasteiger partial charge is 0.151 e. The zero-order valence-corrected chi connectivity index (χ0v) is 13.6. The molecule has 0 bridgehead atoms. The molecule has 0 saturated carbocycles. The Kier molecular flexibility index (Phi) is 5.41. The molecular weight excluding hydrogens is 286 g/mol. The molecule has 1 rings (SSSR count). The van der Waals surface area contributed by atoms with Gasteiger partial charge in [-0.2, -0.15) is 5.10 Å². The van der Waals surface area contributed by atoms with Crippen molar-refractivity contribution in [1.82, 2.24) is 15.1 Å². The molecule has 2 atom stereocenters. The summed E-state index contributed by atoms with van der Waals surface area (Å²) in [6.45, 7) is 3.70. The SMILES string of the molecule is CCc1nn(C)c(CC(NC)C(C)S(C)(=O)=O)c1Cl. The quantitative estimate of drug-likeness (QED) is 0.858. The fourth-order valence-corrected chi connectivity index (χ4v) is 3.25. The van der Waals surface area contributed by atoms with Gasteiger partial charge in [0.25, 0.3) is 0 Å². The molecule has 1 aromatic rings. The van der Waals surface area contributed by atoms with E-state index in [9.17, 15) is 8.42 Å². The van der Waals surface area contributed by atoms with Crippen molar-refractivity contribution in [1.29, 1.82) is 0 Å². The van der Waals surface area contributed by atoms with Crippen LogP contribution in [-0.2, 0) is 29.7 Å². The number of aromatic nitrogens is 2. The number of nitrogens with one attached hydrogen (secondary N) is 1. The summed E-state index contributed by atoms with van der Waals surface area (Å²) in [5.74, 6) is 0. The topological polar surface area (TPSA) is 64.0 Å². The molecule has 0 aliphatic rings. The molecule has 1 N–H and O–H groups in total. The molecule has 19 heavy (non-hydrogen) atoms. The van der Waals surface area contributed by atoms with Crippen molar-refractivity contribution in [2.24, 2.45) is 7.05 Å². The standard InChI is InChI=1S/C12H22ClN3O2S/c1-6-9-12(13)11(16(4)15-9)7-10(14-3)8(2)19(5,17)18/h8,10,14H,6-7H2,1-5H3. The lowest BCUT2D eigenvalue weighted by Crippen LogP contribution is -2.42. The van der Waals surface area contributed by atoms with Crippen molar-refractivity contribution in [2.75, 3.05) is 13.3 Å². The van der Waals surface area contributed by atoms with Crippen molar-refractivity contribution in [3.05, 3.63) is 16.4 Å². The van der Waals surface area contributed by atoms with E-state index in [-0.39, 0.29) is 6.04 Å². The van der Waals surface area contributed by atoms with Gasteiger partial charge >= 0.3 is 0 Å². The van der Waals surface area contributed by atoms with E-state index in [0.717, 1.165) is 17.8 Å². The Morgan fingerprint density at radius 3 is 2.42 bits per heavy atom. The van der Waals surface area contributed by atoms with E-state index in [1.54, 1.807) is 18.7 Å². The maximum Gasteiger partial charge on any atom is 0.151 e. The fraction of sp³-hybridized carbons (Fsp3) is 0.750. The number of likely N-dealkylation sites (N-methyl/N-ethyl adjacent to an activating group) is 1. The summed E-state index contributed by atoms with van der Waals surface area (Å²) < 4.78 is 25.1. The first-order valence-corrected chi connectivity index (χ1v) is 8.62. The third-order valence-corrected chi connectivity index (χ3v) is 5.64. The van der Waals surface area contributed by atoms with Gasteiger partial charge < -0.3 is 5.32 Å². The molecule has 7 heteroatoms. The average Bonchev–Trinajstić information content (AvgIpc) is 2.60. The highest BCUT2D eigenvalue weighted by Gasteiger charge is 2.27. The highest BCUT2D eigenvalue weighted by Crippen LogP contribution is 2.23. The number of rotatable bonds is 6. The Labute approximate surface area is 120 Å². The Morgan fingerprint density at radius 2 is 2.05 bits per heavy atom. The summed E-state index contributed by atoms with van der Waals surface area (Å²) in [6, 6.07) is -0.187. The molecule has 110 valence electrons. The van der Waals surface area contributed by atoms with Crippen LogP contribution in [0.25, 0.3) is 0 Å². The van der Waals surface area contributed by atoms with Crippen LogP contribution in [0.1, 0.15) is 25.2 Å². The van der Waals surface area contributed by atoms with Gasteiger partial charge in [0.05, 0.1) is 21.7 Å². The molecular formula is C12H22ClN3O2S. The predicted octanol–water partition coefficient (Wildman–Crippen LogP) is 1.20. The Hall–Kier alpha value is -0.590. The first-order valence-electron chi connectivity index (χ1n) is 6.28. The van der Waals surface area contributed by atoms with E-state index in [1.807, 2.05) is 14.0 Å². The molecule has 0 aromatic carbocycles. The molecule has 1 heterocycles. The van der Waals surface area contributed by atoms with Gasteiger partial charge in [0, 0.05) is 25.8 Å². The molecule has 0 saturated heterocycles. The maximum absolute atomic E-state index is 11.7. The van der Waals surface area contributed by atoms with Crippen LogP contribution in [0.15, 0.2) is 0 Å². The highest BCUT2D eigenvalue weighted by atomic mass is 35.5. The molecule has 2 unspecified atom stereocenters. The minimum absolute atomic E-state index is 0.187. The van der Waals surface area contributed by atoms with Crippen molar-refractivity contribution in [2.45, 2.75) is 38.0 Å². The van der Waals surface area contributed by atoms with E-state index in [1.165, 1.54) is 6.26 Å². The first-order chi connectivity index (χ1) is 8.72. The first kappa shape index (κ1) is 16.5. The van der Waals surface area contributed by atoms with Gasteiger partial charge in [-0.25, -0.2) is 8.42 Å². The maximum atomic E-state index is 11.7. The van der Waals surface area contributed by atoms with Crippen molar-refractivity contribution in [3.8, 4) is 0 Å². The van der Waals surface area contributed by atoms with Crippen LogP contribution in [0, 0.1) is 0 Å². The number of aryl methyl sites for hydroxylation is 2. The van der Waals surface area contributed by atoms with Crippen LogP contribution in [0.2, 0.25) is 5.02 Å². The van der Waals surface area contributed by atoms with Gasteiger partial charge in [0.2, 0.25) is 0 Å². The summed E-state index contributed by atoms with van der Waals surface area (Å²) in [6.07, 6.45) is 2.55. The van der Waals surface area contributed by atoms with E-state index >= 15 is 0 Å². The lowest BCUT2D eigenvalue weighted by atomic mass is 10.1. The third-order valence-electron chi connectivity index (χ3n) is 3.53. The van der Waals surface area contributed by atoms with Crippen molar-refractivity contribution in [3.63, 3.8) is 0 Å². The molecule has 0 amide bonds. The monoisotopic (exact) mass is 307 g/mol. The number of hydrogen-bond donors (Lipinski definition) is 1. The summed E-state index contributed by atoms with van der Waals surface area (Å²) in [5, 5.41) is 7.57. The van der Waals surface area contributed by atoms with E-state index in [4.69, 9.17) is 11.6 Å². The summed E-state index contributed by atoms with van der Waals surface area (Å²) >= 11 is 6.29. The summed E-state index contributed by atoms with van der Waals surface area (Å²) in [5.41, 5.74) is 1.72. The van der Waals surface area contributed by atoms with Gasteiger partial charge in [-0.15, -0.1) is 0 Å². The van der Waals surface area contributed by atoms with Gasteiger partial charge in [0.15, 0.2) is 9.84 Å². The van der Waals surface area contributed by atoms with E-state index < -0.39 is 15.1 Å². The molecule has 0 aliphatic heterocycles. The van der Waals surface area contributed by atoms with Crippen LogP contribution in [0.4, 0.5) is 0 Å². The lowest BCUT2D eigenvalue weighted by Gasteiger charge is -2.22. The number of sulfone groups is 1. The van der Waals surface area contributed by atoms with Gasteiger partial charge in [-0.05, 0) is 20.4 Å². The van der Waals surface area contributed by atoms with Crippen LogP contribution >= 0.6 is 11.6 Å². The second-order valence-electron chi connectivity index (χ2n) is 4.82. The molecule has 0 fully saturated rings. The number of halogens is 1. The molecule has 5 nitrogen and oxygen atoms in total. The Morgan fingerprint density at radius 1 is 1.47 bits per heavy atom. The minimum atomic E-state index is -3.09. The van der Waals surface area contributed by atoms with Crippen LogP contribution in [-0.4, -0.2) is 42.8 Å². The van der Waals surface area contributed by atoms with Crippen LogP contribution in [0.5, 0.6) is 0 Å². The molecule has 0 aliphatic carbocycles. The highest BCUT2D eigenvalue weighted by molar-refractivity contribution is 7.91. The molecule has 0 spiro atoms. The normalized spacial score (nSPS) is 15.5. The summed E-state index contributed by atoms with van der Waals surface area (Å²) in [7, 11) is 0.499. The van der Waals surface area contributed by atoms with Crippen molar-refractivity contribution < 1.29 is 8.42 Å². The zero-order valence-electron chi connectivity index (χ0n) is 12.1. The predicted molar refractivity (Wildman–Crippen MR) is 78.5 cm³/mol.